The van der Waals surface area contributed by atoms with Crippen LogP contribution in [0.1, 0.15) is 46.7 Å². The van der Waals surface area contributed by atoms with Crippen LogP contribution >= 0.6 is 15.9 Å². The molecule has 112 valence electrons. The number of halogens is 1. The van der Waals surface area contributed by atoms with Gasteiger partial charge in [0.05, 0.1) is 5.69 Å². The third-order valence-corrected chi connectivity index (χ3v) is 5.01. The van der Waals surface area contributed by atoms with Crippen LogP contribution in [0.5, 0.6) is 0 Å². The topological polar surface area (TPSA) is 65.0 Å². The molecule has 0 aliphatic carbocycles. The molecule has 6 heteroatoms. The molecule has 0 saturated heterocycles. The fourth-order valence-electron chi connectivity index (χ4n) is 1.74. The zero-order valence-corrected chi connectivity index (χ0v) is 14.9. The van der Waals surface area contributed by atoms with E-state index < -0.39 is 21.6 Å². The Hall–Kier alpha value is -0.430. The van der Waals surface area contributed by atoms with E-state index in [1.54, 1.807) is 6.20 Å². The lowest BCUT2D eigenvalue weighted by molar-refractivity contribution is -0.118. The van der Waals surface area contributed by atoms with Crippen molar-refractivity contribution in [2.75, 3.05) is 0 Å². The second kappa shape index (κ2) is 6.56. The number of ketones is 1. The van der Waals surface area contributed by atoms with Crippen molar-refractivity contribution >= 4 is 33.1 Å². The van der Waals surface area contributed by atoms with Crippen molar-refractivity contribution in [1.29, 1.82) is 0 Å². The van der Waals surface area contributed by atoms with E-state index in [1.807, 2.05) is 39.8 Å². The molecule has 0 radical (unpaired) electrons. The number of nitrogens with one attached hydrogen (secondary N) is 1. The summed E-state index contributed by atoms with van der Waals surface area (Å²) in [5.41, 5.74) is -0.0621. The molecule has 20 heavy (non-hydrogen) atoms. The minimum atomic E-state index is -1.29. The van der Waals surface area contributed by atoms with Gasteiger partial charge < -0.3 is 4.55 Å². The summed E-state index contributed by atoms with van der Waals surface area (Å²) in [7, 11) is 0. The largest absolute Gasteiger partial charge is 0.598 e. The van der Waals surface area contributed by atoms with E-state index in [4.69, 9.17) is 0 Å². The molecule has 0 aliphatic heterocycles. The molecule has 1 unspecified atom stereocenters. The van der Waals surface area contributed by atoms with Crippen molar-refractivity contribution in [2.24, 2.45) is 0 Å². The summed E-state index contributed by atoms with van der Waals surface area (Å²) in [5.74, 6) is 0.0210. The molecule has 1 aromatic heterocycles. The van der Waals surface area contributed by atoms with Crippen molar-refractivity contribution < 1.29 is 9.35 Å². The van der Waals surface area contributed by atoms with Crippen molar-refractivity contribution in [3.8, 4) is 0 Å². The highest BCUT2D eigenvalue weighted by atomic mass is 79.9. The highest BCUT2D eigenvalue weighted by molar-refractivity contribution is 9.10. The van der Waals surface area contributed by atoms with Gasteiger partial charge in [0.1, 0.15) is 16.1 Å². The summed E-state index contributed by atoms with van der Waals surface area (Å²) in [5, 5.41) is 0. The number of carbonyl (C=O) groups excluding carboxylic acids is 1. The summed E-state index contributed by atoms with van der Waals surface area (Å²) < 4.78 is 15.9. The molecule has 0 saturated carbocycles. The zero-order chi connectivity index (χ0) is 15.6. The summed E-state index contributed by atoms with van der Waals surface area (Å²) in [6.45, 7) is 9.04. The Bertz CT molecular complexity index is 490. The Morgan fingerprint density at radius 3 is 2.50 bits per heavy atom. The van der Waals surface area contributed by atoms with Crippen LogP contribution in [0, 0.1) is 0 Å². The number of nitrogens with zero attached hydrogens (tertiary/aromatic N) is 1. The van der Waals surface area contributed by atoms with Crippen LogP contribution in [-0.2, 0) is 21.7 Å². The fraction of sp³-hybridized carbons (Fsp3) is 0.571. The predicted octanol–water partition coefficient (Wildman–Crippen LogP) is 3.09. The Morgan fingerprint density at radius 1 is 1.45 bits per heavy atom. The zero-order valence-electron chi connectivity index (χ0n) is 12.5. The smallest absolute Gasteiger partial charge is 0.136 e. The van der Waals surface area contributed by atoms with Crippen LogP contribution in [0.15, 0.2) is 22.8 Å². The van der Waals surface area contributed by atoms with Crippen molar-refractivity contribution in [2.45, 2.75) is 51.3 Å². The average molecular weight is 361 g/mol. The summed E-state index contributed by atoms with van der Waals surface area (Å²) in [4.78, 5) is 15.9. The first kappa shape index (κ1) is 17.6. The van der Waals surface area contributed by atoms with E-state index in [-0.39, 0.29) is 12.2 Å². The van der Waals surface area contributed by atoms with Crippen LogP contribution in [0.25, 0.3) is 0 Å². The molecule has 0 spiro atoms. The fourth-order valence-corrected chi connectivity index (χ4v) is 2.97. The third-order valence-electron chi connectivity index (χ3n) is 2.76. The van der Waals surface area contributed by atoms with Crippen LogP contribution < -0.4 is 4.72 Å². The van der Waals surface area contributed by atoms with Gasteiger partial charge in [-0.05, 0) is 46.8 Å². The molecule has 1 aromatic rings. The minimum absolute atomic E-state index is 0.0210. The number of aromatic nitrogens is 1. The van der Waals surface area contributed by atoms with E-state index in [1.165, 1.54) is 6.92 Å². The maximum atomic E-state index is 12.4. The van der Waals surface area contributed by atoms with Crippen molar-refractivity contribution in [1.82, 2.24) is 9.71 Å². The Morgan fingerprint density at radius 2 is 2.05 bits per heavy atom. The van der Waals surface area contributed by atoms with E-state index in [9.17, 15) is 9.35 Å². The van der Waals surface area contributed by atoms with E-state index in [0.717, 1.165) is 4.47 Å². The van der Waals surface area contributed by atoms with Gasteiger partial charge >= 0.3 is 0 Å². The molecule has 0 bridgehead atoms. The quantitative estimate of drug-likeness (QED) is 0.819. The number of hydrogen-bond acceptors (Lipinski definition) is 4. The van der Waals surface area contributed by atoms with Gasteiger partial charge in [0.2, 0.25) is 0 Å². The molecule has 1 heterocycles. The van der Waals surface area contributed by atoms with Crippen LogP contribution in [0.2, 0.25) is 0 Å². The van der Waals surface area contributed by atoms with Crippen LogP contribution in [0.3, 0.4) is 0 Å². The SMILES string of the molecule is CC(=O)C[C@](C)(N[S+]([O-])C(C)(C)C)c1cc(Br)ccn1. The van der Waals surface area contributed by atoms with Gasteiger partial charge in [-0.15, -0.1) is 4.72 Å². The monoisotopic (exact) mass is 360 g/mol. The van der Waals surface area contributed by atoms with E-state index >= 15 is 0 Å². The first-order valence-electron chi connectivity index (χ1n) is 6.36. The predicted molar refractivity (Wildman–Crippen MR) is 85.6 cm³/mol. The lowest BCUT2D eigenvalue weighted by Crippen LogP contribution is -2.51. The second-order valence-corrected chi connectivity index (χ2v) is 8.94. The second-order valence-electron chi connectivity index (χ2n) is 6.05. The lowest BCUT2D eigenvalue weighted by atomic mass is 9.92. The summed E-state index contributed by atoms with van der Waals surface area (Å²) in [6.07, 6.45) is 1.90. The number of pyridine rings is 1. The maximum Gasteiger partial charge on any atom is 0.136 e. The molecular formula is C14H21BrN2O2S. The third kappa shape index (κ3) is 4.84. The Balaban J connectivity index is 3.13. The van der Waals surface area contributed by atoms with Crippen molar-refractivity contribution in [3.05, 3.63) is 28.5 Å². The highest BCUT2D eigenvalue weighted by Gasteiger charge is 2.39. The Labute approximate surface area is 132 Å². The molecule has 0 fully saturated rings. The van der Waals surface area contributed by atoms with Crippen LogP contribution in [0.4, 0.5) is 0 Å². The van der Waals surface area contributed by atoms with Gasteiger partial charge in [0.15, 0.2) is 0 Å². The molecule has 1 rings (SSSR count). The molecule has 1 N–H and O–H groups in total. The van der Waals surface area contributed by atoms with Gasteiger partial charge in [-0.3, -0.25) is 9.78 Å². The number of Topliss-reactive ketones (excluding diaryl/α,β-unsaturated/α-hetero) is 1. The van der Waals surface area contributed by atoms with E-state index in [0.29, 0.717) is 5.69 Å². The standard InChI is InChI=1S/C14H21BrN2O2S/c1-10(18)9-14(5,17-20(19)13(2,3)4)12-8-11(15)6-7-16-12/h6-8,17H,9H2,1-5H3/t14-,20?/m0/s1. The lowest BCUT2D eigenvalue weighted by Gasteiger charge is -2.34. The first-order valence-corrected chi connectivity index (χ1v) is 8.30. The first-order chi connectivity index (χ1) is 9.04. The number of rotatable bonds is 5. The molecule has 0 aromatic carbocycles. The molecular weight excluding hydrogens is 340 g/mol. The van der Waals surface area contributed by atoms with Crippen molar-refractivity contribution in [3.63, 3.8) is 0 Å². The summed E-state index contributed by atoms with van der Waals surface area (Å²) >= 11 is 2.11. The minimum Gasteiger partial charge on any atom is -0.598 e. The average Bonchev–Trinajstić information content (AvgIpc) is 2.26. The van der Waals surface area contributed by atoms with Gasteiger partial charge in [-0.2, -0.15) is 0 Å². The van der Waals surface area contributed by atoms with Gasteiger partial charge in [-0.25, -0.2) is 0 Å². The Kier molecular flexibility index (Phi) is 5.78. The van der Waals surface area contributed by atoms with Gasteiger partial charge in [0, 0.05) is 28.5 Å². The number of carbonyl (C=O) groups is 1. The van der Waals surface area contributed by atoms with Crippen LogP contribution in [-0.4, -0.2) is 20.1 Å². The normalized spacial score (nSPS) is 16.6. The molecule has 0 amide bonds. The maximum absolute atomic E-state index is 12.4. The van der Waals surface area contributed by atoms with Gasteiger partial charge in [0.25, 0.3) is 0 Å². The highest BCUT2D eigenvalue weighted by Crippen LogP contribution is 2.28. The van der Waals surface area contributed by atoms with Gasteiger partial charge in [-0.1, -0.05) is 15.9 Å². The summed E-state index contributed by atoms with van der Waals surface area (Å²) in [6, 6.07) is 3.66. The number of hydrogen-bond donors (Lipinski definition) is 1. The molecule has 2 atom stereocenters. The van der Waals surface area contributed by atoms with E-state index in [2.05, 4.69) is 25.6 Å². The molecule has 0 aliphatic rings. The molecule has 4 nitrogen and oxygen atoms in total.